The first-order valence-corrected chi connectivity index (χ1v) is 8.55. The summed E-state index contributed by atoms with van der Waals surface area (Å²) in [5, 5.41) is 2.82. The largest absolute Gasteiger partial charge is 0.316 e. The second-order valence-electron chi connectivity index (χ2n) is 5.41. The summed E-state index contributed by atoms with van der Waals surface area (Å²) in [5.74, 6) is -0.404. The number of rotatable bonds is 6. The molecule has 1 unspecified atom stereocenters. The Morgan fingerprint density at radius 2 is 2.19 bits per heavy atom. The van der Waals surface area contributed by atoms with E-state index in [-0.39, 0.29) is 10.9 Å². The van der Waals surface area contributed by atoms with Crippen LogP contribution in [-0.2, 0) is 16.6 Å². The minimum Gasteiger partial charge on any atom is -0.316 e. The lowest BCUT2D eigenvalue weighted by Crippen LogP contribution is -2.38. The van der Waals surface area contributed by atoms with Crippen molar-refractivity contribution in [1.82, 2.24) is 14.9 Å². The Morgan fingerprint density at radius 3 is 2.81 bits per heavy atom. The molecule has 1 aliphatic heterocycles. The van der Waals surface area contributed by atoms with Gasteiger partial charge in [-0.2, -0.15) is 0 Å². The van der Waals surface area contributed by atoms with Crippen molar-refractivity contribution in [3.05, 3.63) is 29.6 Å². The summed E-state index contributed by atoms with van der Waals surface area (Å²) in [5.41, 5.74) is 0.346. The number of sulfonamides is 1. The van der Waals surface area contributed by atoms with Gasteiger partial charge in [-0.25, -0.2) is 17.5 Å². The number of likely N-dealkylation sites (tertiary alicyclic amines) is 1. The summed E-state index contributed by atoms with van der Waals surface area (Å²) in [6.45, 7) is 1.67. The molecule has 0 amide bonds. The van der Waals surface area contributed by atoms with Gasteiger partial charge in [-0.05, 0) is 51.7 Å². The van der Waals surface area contributed by atoms with E-state index < -0.39 is 15.8 Å². The topological polar surface area (TPSA) is 61.4 Å². The van der Waals surface area contributed by atoms with Crippen molar-refractivity contribution in [3.8, 4) is 0 Å². The van der Waals surface area contributed by atoms with E-state index in [9.17, 15) is 12.8 Å². The van der Waals surface area contributed by atoms with Crippen LogP contribution in [-0.4, -0.2) is 46.5 Å². The molecule has 1 saturated heterocycles. The number of nitrogens with zero attached hydrogens (tertiary/aromatic N) is 1. The molecule has 1 aromatic rings. The maximum Gasteiger partial charge on any atom is 0.240 e. The van der Waals surface area contributed by atoms with E-state index >= 15 is 0 Å². The highest BCUT2D eigenvalue weighted by Crippen LogP contribution is 2.17. The van der Waals surface area contributed by atoms with Gasteiger partial charge in [0.05, 0.1) is 4.90 Å². The molecule has 0 aliphatic carbocycles. The molecule has 1 atom stereocenters. The van der Waals surface area contributed by atoms with Crippen LogP contribution in [0.25, 0.3) is 0 Å². The molecule has 1 heterocycles. The van der Waals surface area contributed by atoms with Gasteiger partial charge < -0.3 is 10.2 Å². The lowest BCUT2D eigenvalue weighted by molar-refractivity contribution is 0.311. The fourth-order valence-corrected chi connectivity index (χ4v) is 3.69. The molecular weight excluding hydrogens is 293 g/mol. The summed E-state index contributed by atoms with van der Waals surface area (Å²) in [6, 6.07) is 4.11. The van der Waals surface area contributed by atoms with Crippen LogP contribution in [0.1, 0.15) is 18.4 Å². The lowest BCUT2D eigenvalue weighted by atomic mass is 10.2. The quantitative estimate of drug-likeness (QED) is 0.819. The fraction of sp³-hybridized carbons (Fsp3) is 0.571. The molecular formula is C14H22FN3O2S. The van der Waals surface area contributed by atoms with E-state index in [0.717, 1.165) is 19.4 Å². The minimum atomic E-state index is -3.60. The molecule has 2 rings (SSSR count). The molecule has 0 radical (unpaired) electrons. The Hall–Kier alpha value is -1.02. The van der Waals surface area contributed by atoms with Gasteiger partial charge in [-0.3, -0.25) is 0 Å². The van der Waals surface area contributed by atoms with Crippen molar-refractivity contribution >= 4 is 10.0 Å². The van der Waals surface area contributed by atoms with Gasteiger partial charge in [-0.1, -0.05) is 0 Å². The summed E-state index contributed by atoms with van der Waals surface area (Å²) >= 11 is 0. The monoisotopic (exact) mass is 315 g/mol. The molecule has 5 nitrogen and oxygen atoms in total. The third-order valence-electron chi connectivity index (χ3n) is 3.88. The maximum absolute atomic E-state index is 13.6. The van der Waals surface area contributed by atoms with Crippen LogP contribution in [0.3, 0.4) is 0 Å². The zero-order valence-electron chi connectivity index (χ0n) is 12.4. The summed E-state index contributed by atoms with van der Waals surface area (Å²) in [4.78, 5) is 2.26. The smallest absolute Gasteiger partial charge is 0.240 e. The van der Waals surface area contributed by atoms with Crippen molar-refractivity contribution in [1.29, 1.82) is 0 Å². The van der Waals surface area contributed by atoms with Gasteiger partial charge >= 0.3 is 0 Å². The van der Waals surface area contributed by atoms with Gasteiger partial charge in [0.25, 0.3) is 0 Å². The Bertz CT molecular complexity index is 592. The first-order valence-electron chi connectivity index (χ1n) is 7.07. The fourth-order valence-electron chi connectivity index (χ4n) is 2.57. The highest BCUT2D eigenvalue weighted by molar-refractivity contribution is 7.89. The predicted molar refractivity (Wildman–Crippen MR) is 80.0 cm³/mol. The Morgan fingerprint density at radius 1 is 1.43 bits per heavy atom. The summed E-state index contributed by atoms with van der Waals surface area (Å²) in [6.07, 6.45) is 2.08. The molecule has 7 heteroatoms. The van der Waals surface area contributed by atoms with Crippen LogP contribution >= 0.6 is 0 Å². The molecule has 0 bridgehead atoms. The zero-order chi connectivity index (χ0) is 15.5. The maximum atomic E-state index is 13.6. The summed E-state index contributed by atoms with van der Waals surface area (Å²) in [7, 11) is 0.0843. The van der Waals surface area contributed by atoms with Gasteiger partial charge in [0.2, 0.25) is 10.0 Å². The van der Waals surface area contributed by atoms with Crippen LogP contribution in [0.5, 0.6) is 0 Å². The number of hydrogen-bond donors (Lipinski definition) is 2. The second-order valence-corrected chi connectivity index (χ2v) is 7.18. The SMILES string of the molecule is CNCc1cc(S(=O)(=O)NCC2CCCN2C)ccc1F. The van der Waals surface area contributed by atoms with Crippen molar-refractivity contribution in [2.45, 2.75) is 30.3 Å². The van der Waals surface area contributed by atoms with Crippen LogP contribution in [0.4, 0.5) is 4.39 Å². The number of nitrogens with one attached hydrogen (secondary N) is 2. The zero-order valence-corrected chi connectivity index (χ0v) is 13.2. The van der Waals surface area contributed by atoms with Crippen LogP contribution in [0.2, 0.25) is 0 Å². The molecule has 21 heavy (non-hydrogen) atoms. The van der Waals surface area contributed by atoms with E-state index in [4.69, 9.17) is 0 Å². The summed E-state index contributed by atoms with van der Waals surface area (Å²) < 4.78 is 40.8. The average molecular weight is 315 g/mol. The van der Waals surface area contributed by atoms with Crippen LogP contribution in [0, 0.1) is 5.82 Å². The molecule has 1 aromatic carbocycles. The third kappa shape index (κ3) is 4.00. The van der Waals surface area contributed by atoms with E-state index in [2.05, 4.69) is 14.9 Å². The number of likely N-dealkylation sites (N-methyl/N-ethyl adjacent to an activating group) is 1. The third-order valence-corrected chi connectivity index (χ3v) is 5.30. The van der Waals surface area contributed by atoms with Gasteiger partial charge in [0.15, 0.2) is 0 Å². The van der Waals surface area contributed by atoms with Gasteiger partial charge in [-0.15, -0.1) is 0 Å². The molecule has 1 fully saturated rings. The van der Waals surface area contributed by atoms with Crippen LogP contribution in [0.15, 0.2) is 23.1 Å². The Balaban J connectivity index is 2.10. The van der Waals surface area contributed by atoms with Gasteiger partial charge in [0.1, 0.15) is 5.82 Å². The first kappa shape index (κ1) is 16.4. The first-order chi connectivity index (χ1) is 9.94. The number of hydrogen-bond acceptors (Lipinski definition) is 4. The molecule has 1 aliphatic rings. The van der Waals surface area contributed by atoms with Crippen molar-refractivity contribution < 1.29 is 12.8 Å². The molecule has 118 valence electrons. The highest BCUT2D eigenvalue weighted by atomic mass is 32.2. The van der Waals surface area contributed by atoms with Gasteiger partial charge in [0, 0.05) is 24.7 Å². The molecule has 0 spiro atoms. The van der Waals surface area contributed by atoms with E-state index in [1.165, 1.54) is 18.2 Å². The van der Waals surface area contributed by atoms with Crippen molar-refractivity contribution in [2.75, 3.05) is 27.2 Å². The average Bonchev–Trinajstić information content (AvgIpc) is 2.85. The number of benzene rings is 1. The highest BCUT2D eigenvalue weighted by Gasteiger charge is 2.23. The molecule has 2 N–H and O–H groups in total. The molecule has 0 saturated carbocycles. The molecule has 0 aromatic heterocycles. The Labute approximate surface area is 125 Å². The van der Waals surface area contributed by atoms with Crippen molar-refractivity contribution in [3.63, 3.8) is 0 Å². The normalized spacial score (nSPS) is 20.0. The second kappa shape index (κ2) is 6.83. The van der Waals surface area contributed by atoms with Crippen LogP contribution < -0.4 is 10.0 Å². The van der Waals surface area contributed by atoms with E-state index in [0.29, 0.717) is 18.7 Å². The van der Waals surface area contributed by atoms with E-state index in [1.54, 1.807) is 7.05 Å². The van der Waals surface area contributed by atoms with E-state index in [1.807, 2.05) is 7.05 Å². The van der Waals surface area contributed by atoms with Crippen molar-refractivity contribution in [2.24, 2.45) is 0 Å². The number of halogens is 1. The minimum absolute atomic E-state index is 0.106. The Kier molecular flexibility index (Phi) is 5.32. The predicted octanol–water partition coefficient (Wildman–Crippen LogP) is 0.918. The standard InChI is InChI=1S/C14H22FN3O2S/c1-16-9-11-8-13(5-6-14(11)15)21(19,20)17-10-12-4-3-7-18(12)2/h5-6,8,12,16-17H,3-4,7,9-10H2,1-2H3. The lowest BCUT2D eigenvalue weighted by Gasteiger charge is -2.19.